The van der Waals surface area contributed by atoms with Crippen LogP contribution in [0.2, 0.25) is 0 Å². The number of hydrogen-bond donors (Lipinski definition) is 1. The van der Waals surface area contributed by atoms with Crippen molar-refractivity contribution in [3.63, 3.8) is 0 Å². The topological polar surface area (TPSA) is 45.0 Å². The van der Waals surface area contributed by atoms with Crippen LogP contribution in [-0.4, -0.2) is 26.3 Å². The van der Waals surface area contributed by atoms with Crippen LogP contribution in [0.1, 0.15) is 13.3 Å². The number of rotatable bonds is 8. The van der Waals surface area contributed by atoms with Crippen LogP contribution in [0.15, 0.2) is 12.7 Å². The van der Waals surface area contributed by atoms with Gasteiger partial charge in [0.2, 0.25) is 0 Å². The fourth-order valence-corrected chi connectivity index (χ4v) is 0.777. The number of ether oxygens (including phenoxy) is 1. The molecule has 0 aliphatic carbocycles. The lowest BCUT2D eigenvalue weighted by atomic mass is 10.2. The van der Waals surface area contributed by atoms with Crippen LogP contribution in [0, 0.1) is 17.2 Å². The summed E-state index contributed by atoms with van der Waals surface area (Å²) in [6.07, 6.45) is 2.74. The van der Waals surface area contributed by atoms with E-state index in [2.05, 4.69) is 18.0 Å². The fourth-order valence-electron chi connectivity index (χ4n) is 0.777. The Balaban J connectivity index is 3.00. The summed E-state index contributed by atoms with van der Waals surface area (Å²) in [5, 5.41) is 11.6. The molecule has 0 radical (unpaired) electrons. The molecule has 1 N–H and O–H groups in total. The predicted octanol–water partition coefficient (Wildman–Crippen LogP) is 1.33. The summed E-state index contributed by atoms with van der Waals surface area (Å²) in [4.78, 5) is 0. The molecule has 0 aliphatic rings. The largest absolute Gasteiger partial charge is 0.380 e. The molecule has 0 aromatic carbocycles. The summed E-state index contributed by atoms with van der Waals surface area (Å²) < 4.78 is 5.27. The first-order valence-electron chi connectivity index (χ1n) is 4.60. The van der Waals surface area contributed by atoms with E-state index in [0.717, 1.165) is 26.1 Å². The zero-order valence-corrected chi connectivity index (χ0v) is 8.25. The summed E-state index contributed by atoms with van der Waals surface area (Å²) in [5.41, 5.74) is 0. The maximum atomic E-state index is 8.48. The van der Waals surface area contributed by atoms with E-state index in [4.69, 9.17) is 10.00 Å². The third kappa shape index (κ3) is 9.06. The molecule has 74 valence electrons. The first-order chi connectivity index (χ1) is 6.31. The molecule has 0 saturated carbocycles. The van der Waals surface area contributed by atoms with E-state index < -0.39 is 0 Å². The van der Waals surface area contributed by atoms with Gasteiger partial charge in [0.1, 0.15) is 0 Å². The molecule has 3 heteroatoms. The van der Waals surface area contributed by atoms with Crippen molar-refractivity contribution in [3.8, 4) is 6.07 Å². The molecule has 1 unspecified atom stereocenters. The second-order valence-corrected chi connectivity index (χ2v) is 2.92. The number of hydrogen-bond acceptors (Lipinski definition) is 3. The zero-order valence-electron chi connectivity index (χ0n) is 8.25. The minimum Gasteiger partial charge on any atom is -0.380 e. The monoisotopic (exact) mass is 182 g/mol. The third-order valence-electron chi connectivity index (χ3n) is 1.56. The van der Waals surface area contributed by atoms with Crippen LogP contribution in [0.4, 0.5) is 0 Å². The third-order valence-corrected chi connectivity index (χ3v) is 1.56. The van der Waals surface area contributed by atoms with Crippen molar-refractivity contribution in [2.45, 2.75) is 13.3 Å². The first kappa shape index (κ1) is 12.2. The number of nitrogens with zero attached hydrogens (tertiary/aromatic N) is 1. The van der Waals surface area contributed by atoms with Gasteiger partial charge in [0.25, 0.3) is 0 Å². The average molecular weight is 182 g/mol. The van der Waals surface area contributed by atoms with E-state index in [1.807, 2.05) is 13.0 Å². The first-order valence-corrected chi connectivity index (χ1v) is 4.60. The van der Waals surface area contributed by atoms with Gasteiger partial charge in [0.05, 0.1) is 25.2 Å². The normalized spacial score (nSPS) is 12.0. The molecule has 0 amide bonds. The van der Waals surface area contributed by atoms with Crippen molar-refractivity contribution in [2.24, 2.45) is 5.92 Å². The molecule has 0 heterocycles. The maximum Gasteiger partial charge on any atom is 0.0666 e. The summed E-state index contributed by atoms with van der Waals surface area (Å²) in [7, 11) is 0. The van der Waals surface area contributed by atoms with Crippen LogP contribution in [0.25, 0.3) is 0 Å². The van der Waals surface area contributed by atoms with Crippen LogP contribution in [-0.2, 0) is 4.74 Å². The molecule has 1 atom stereocenters. The Kier molecular flexibility index (Phi) is 8.64. The van der Waals surface area contributed by atoms with E-state index in [1.165, 1.54) is 0 Å². The van der Waals surface area contributed by atoms with E-state index in [-0.39, 0.29) is 5.92 Å². The minimum atomic E-state index is 0.0770. The second kappa shape index (κ2) is 9.24. The van der Waals surface area contributed by atoms with E-state index in [0.29, 0.717) is 6.61 Å². The standard InChI is InChI=1S/C10H18N2O/c1-3-4-6-13-7-5-12-9-10(2)8-11/h3,10,12H,1,4-7,9H2,2H3. The highest BCUT2D eigenvalue weighted by Crippen LogP contribution is 1.87. The molecule has 0 saturated heterocycles. The van der Waals surface area contributed by atoms with Crippen molar-refractivity contribution in [3.05, 3.63) is 12.7 Å². The van der Waals surface area contributed by atoms with E-state index >= 15 is 0 Å². The molecule has 3 nitrogen and oxygen atoms in total. The van der Waals surface area contributed by atoms with Gasteiger partial charge in [-0.3, -0.25) is 0 Å². The molecule has 0 aromatic heterocycles. The van der Waals surface area contributed by atoms with Crippen LogP contribution < -0.4 is 5.32 Å². The molecular formula is C10H18N2O. The number of nitrogens with one attached hydrogen (secondary N) is 1. The predicted molar refractivity (Wildman–Crippen MR) is 53.3 cm³/mol. The number of nitriles is 1. The zero-order chi connectivity index (χ0) is 9.94. The van der Waals surface area contributed by atoms with Gasteiger partial charge in [0.15, 0.2) is 0 Å². The Morgan fingerprint density at radius 3 is 3.00 bits per heavy atom. The van der Waals surface area contributed by atoms with Crippen LogP contribution >= 0.6 is 0 Å². The van der Waals surface area contributed by atoms with Crippen molar-refractivity contribution in [2.75, 3.05) is 26.3 Å². The highest BCUT2D eigenvalue weighted by atomic mass is 16.5. The Morgan fingerprint density at radius 1 is 1.62 bits per heavy atom. The second-order valence-electron chi connectivity index (χ2n) is 2.92. The van der Waals surface area contributed by atoms with Crippen LogP contribution in [0.5, 0.6) is 0 Å². The van der Waals surface area contributed by atoms with Crippen molar-refractivity contribution in [1.29, 1.82) is 5.26 Å². The van der Waals surface area contributed by atoms with Crippen LogP contribution in [0.3, 0.4) is 0 Å². The van der Waals surface area contributed by atoms with Gasteiger partial charge >= 0.3 is 0 Å². The van der Waals surface area contributed by atoms with Gasteiger partial charge < -0.3 is 10.1 Å². The molecule has 0 aliphatic heterocycles. The fraction of sp³-hybridized carbons (Fsp3) is 0.700. The quantitative estimate of drug-likeness (QED) is 0.455. The summed E-state index contributed by atoms with van der Waals surface area (Å²) in [6, 6.07) is 2.16. The van der Waals surface area contributed by atoms with E-state index in [1.54, 1.807) is 0 Å². The highest BCUT2D eigenvalue weighted by Gasteiger charge is 1.96. The maximum absolute atomic E-state index is 8.48. The Hall–Kier alpha value is -0.850. The van der Waals surface area contributed by atoms with E-state index in [9.17, 15) is 0 Å². The average Bonchev–Trinajstić information content (AvgIpc) is 2.16. The smallest absolute Gasteiger partial charge is 0.0666 e. The molecule has 0 rings (SSSR count). The Bertz CT molecular complexity index is 163. The summed E-state index contributed by atoms with van der Waals surface area (Å²) in [5.74, 6) is 0.0770. The lowest BCUT2D eigenvalue weighted by molar-refractivity contribution is 0.140. The Morgan fingerprint density at radius 2 is 2.38 bits per heavy atom. The van der Waals surface area contributed by atoms with Gasteiger partial charge in [0, 0.05) is 13.1 Å². The molecular weight excluding hydrogens is 164 g/mol. The van der Waals surface area contributed by atoms with Gasteiger partial charge in [-0.2, -0.15) is 5.26 Å². The van der Waals surface area contributed by atoms with Crippen molar-refractivity contribution >= 4 is 0 Å². The molecule has 0 aromatic rings. The molecule has 0 fully saturated rings. The minimum absolute atomic E-state index is 0.0770. The van der Waals surface area contributed by atoms with Gasteiger partial charge in [-0.05, 0) is 13.3 Å². The van der Waals surface area contributed by atoms with Gasteiger partial charge in [-0.1, -0.05) is 6.08 Å². The highest BCUT2D eigenvalue weighted by molar-refractivity contribution is 4.79. The van der Waals surface area contributed by atoms with Crippen molar-refractivity contribution < 1.29 is 4.74 Å². The van der Waals surface area contributed by atoms with Crippen molar-refractivity contribution in [1.82, 2.24) is 5.32 Å². The summed E-state index contributed by atoms with van der Waals surface area (Å²) >= 11 is 0. The summed E-state index contributed by atoms with van der Waals surface area (Å²) in [6.45, 7) is 8.47. The van der Waals surface area contributed by atoms with Gasteiger partial charge in [-0.25, -0.2) is 0 Å². The lowest BCUT2D eigenvalue weighted by Gasteiger charge is -2.05. The molecule has 0 spiro atoms. The lowest BCUT2D eigenvalue weighted by Crippen LogP contribution is -2.24. The SMILES string of the molecule is C=CCCOCCNCC(C)C#N. The van der Waals surface area contributed by atoms with Gasteiger partial charge in [-0.15, -0.1) is 6.58 Å². The molecule has 0 bridgehead atoms. The Labute approximate surface area is 80.4 Å². The molecule has 13 heavy (non-hydrogen) atoms.